The maximum absolute atomic E-state index is 11.2. The summed E-state index contributed by atoms with van der Waals surface area (Å²) in [5.41, 5.74) is 0. The van der Waals surface area contributed by atoms with Gasteiger partial charge >= 0.3 is 0 Å². The van der Waals surface area contributed by atoms with Crippen molar-refractivity contribution in [2.45, 2.75) is 12.5 Å². The van der Waals surface area contributed by atoms with Crippen LogP contribution in [0.4, 0.5) is 0 Å². The Morgan fingerprint density at radius 2 is 2.33 bits per heavy atom. The minimum Gasteiger partial charge on any atom is -0.340 e. The van der Waals surface area contributed by atoms with Gasteiger partial charge in [0.05, 0.1) is 0 Å². The van der Waals surface area contributed by atoms with Gasteiger partial charge < -0.3 is 9.80 Å². The molecule has 3 nitrogen and oxygen atoms in total. The molecule has 0 bridgehead atoms. The highest BCUT2D eigenvalue weighted by atomic mass is 35.5. The number of hydrogen-bond acceptors (Lipinski definition) is 2. The van der Waals surface area contributed by atoms with Crippen molar-refractivity contribution in [3.8, 4) is 0 Å². The summed E-state index contributed by atoms with van der Waals surface area (Å²) in [6.07, 6.45) is 1.07. The molecule has 1 aliphatic heterocycles. The van der Waals surface area contributed by atoms with E-state index in [1.807, 2.05) is 19.0 Å². The van der Waals surface area contributed by atoms with E-state index in [1.54, 1.807) is 0 Å². The van der Waals surface area contributed by atoms with Crippen molar-refractivity contribution in [2.24, 2.45) is 0 Å². The summed E-state index contributed by atoms with van der Waals surface area (Å²) in [6.45, 7) is 1.69. The van der Waals surface area contributed by atoms with Crippen molar-refractivity contribution in [3.63, 3.8) is 0 Å². The van der Waals surface area contributed by atoms with Gasteiger partial charge in [-0.05, 0) is 20.5 Å². The molecule has 70 valence electrons. The number of likely N-dealkylation sites (N-methyl/N-ethyl adjacent to an activating group) is 1. The summed E-state index contributed by atoms with van der Waals surface area (Å²) < 4.78 is 0. The highest BCUT2D eigenvalue weighted by Crippen LogP contribution is 2.13. The molecule has 0 aromatic rings. The van der Waals surface area contributed by atoms with Crippen LogP contribution in [0.5, 0.6) is 0 Å². The maximum Gasteiger partial charge on any atom is 0.237 e. The first-order chi connectivity index (χ1) is 5.65. The molecule has 0 aliphatic carbocycles. The second-order valence-electron chi connectivity index (χ2n) is 3.38. The fourth-order valence-electron chi connectivity index (χ4n) is 1.47. The average Bonchev–Trinajstić information content (AvgIpc) is 2.51. The number of nitrogens with zero attached hydrogens (tertiary/aromatic N) is 2. The normalized spacial score (nSPS) is 23.7. The lowest BCUT2D eigenvalue weighted by Crippen LogP contribution is -2.34. The fourth-order valence-corrected chi connectivity index (χ4v) is 1.64. The van der Waals surface area contributed by atoms with E-state index in [1.165, 1.54) is 0 Å². The monoisotopic (exact) mass is 190 g/mol. The molecular weight excluding hydrogens is 176 g/mol. The highest BCUT2D eigenvalue weighted by molar-refractivity contribution is 6.27. The number of alkyl halides is 1. The van der Waals surface area contributed by atoms with Crippen LogP contribution in [-0.2, 0) is 4.79 Å². The largest absolute Gasteiger partial charge is 0.340 e. The molecule has 1 aliphatic rings. The SMILES string of the molecule is CN(C)C1CCN(C(=O)CCl)C1. The molecule has 1 fully saturated rings. The Bertz CT molecular complexity index is 172. The second-order valence-corrected chi connectivity index (χ2v) is 3.65. The van der Waals surface area contributed by atoms with Crippen molar-refractivity contribution in [1.29, 1.82) is 0 Å². The Balaban J connectivity index is 2.40. The van der Waals surface area contributed by atoms with E-state index in [0.29, 0.717) is 6.04 Å². The first kappa shape index (κ1) is 9.81. The van der Waals surface area contributed by atoms with Crippen LogP contribution < -0.4 is 0 Å². The van der Waals surface area contributed by atoms with Crippen LogP contribution >= 0.6 is 11.6 Å². The number of likely N-dealkylation sites (tertiary alicyclic amines) is 1. The number of amides is 1. The molecule has 12 heavy (non-hydrogen) atoms. The molecular formula is C8H15ClN2O. The zero-order valence-electron chi connectivity index (χ0n) is 7.59. The molecule has 1 atom stereocenters. The van der Waals surface area contributed by atoms with E-state index in [9.17, 15) is 4.79 Å². The number of hydrogen-bond donors (Lipinski definition) is 0. The molecule has 4 heteroatoms. The first-order valence-electron chi connectivity index (χ1n) is 4.15. The number of carbonyl (C=O) groups is 1. The topological polar surface area (TPSA) is 23.6 Å². The summed E-state index contributed by atoms with van der Waals surface area (Å²) in [4.78, 5) is 15.1. The van der Waals surface area contributed by atoms with Crippen LogP contribution in [0.1, 0.15) is 6.42 Å². The van der Waals surface area contributed by atoms with E-state index in [2.05, 4.69) is 4.90 Å². The van der Waals surface area contributed by atoms with E-state index in [4.69, 9.17) is 11.6 Å². The van der Waals surface area contributed by atoms with Crippen LogP contribution in [0.2, 0.25) is 0 Å². The van der Waals surface area contributed by atoms with Gasteiger partial charge in [0.2, 0.25) is 5.91 Å². The third-order valence-corrected chi connectivity index (χ3v) is 2.59. The van der Waals surface area contributed by atoms with Gasteiger partial charge in [0.25, 0.3) is 0 Å². The van der Waals surface area contributed by atoms with Gasteiger partial charge in [-0.1, -0.05) is 0 Å². The predicted molar refractivity (Wildman–Crippen MR) is 49.4 cm³/mol. The molecule has 0 saturated carbocycles. The zero-order chi connectivity index (χ0) is 9.14. The van der Waals surface area contributed by atoms with E-state index < -0.39 is 0 Å². The summed E-state index contributed by atoms with van der Waals surface area (Å²) >= 11 is 5.45. The molecule has 0 radical (unpaired) electrons. The summed E-state index contributed by atoms with van der Waals surface area (Å²) in [5.74, 6) is 0.168. The van der Waals surface area contributed by atoms with Crippen LogP contribution in [0.3, 0.4) is 0 Å². The third-order valence-electron chi connectivity index (χ3n) is 2.36. The van der Waals surface area contributed by atoms with E-state index in [0.717, 1.165) is 19.5 Å². The number of halogens is 1. The molecule has 0 aromatic heterocycles. The molecule has 1 amide bonds. The Labute approximate surface area is 78.3 Å². The highest BCUT2D eigenvalue weighted by Gasteiger charge is 2.26. The maximum atomic E-state index is 11.2. The predicted octanol–water partition coefficient (Wildman–Crippen LogP) is 0.388. The lowest BCUT2D eigenvalue weighted by atomic mass is 10.2. The van der Waals surface area contributed by atoms with Crippen molar-refractivity contribution < 1.29 is 4.79 Å². The van der Waals surface area contributed by atoms with Crippen molar-refractivity contribution in [2.75, 3.05) is 33.1 Å². The standard InChI is InChI=1S/C8H15ClN2O/c1-10(2)7-3-4-11(6-7)8(12)5-9/h7H,3-6H2,1-2H3. The lowest BCUT2D eigenvalue weighted by molar-refractivity contribution is -0.127. The minimum atomic E-state index is 0.0565. The van der Waals surface area contributed by atoms with Crippen molar-refractivity contribution in [1.82, 2.24) is 9.80 Å². The van der Waals surface area contributed by atoms with Gasteiger partial charge in [-0.2, -0.15) is 0 Å². The minimum absolute atomic E-state index is 0.0565. The zero-order valence-corrected chi connectivity index (χ0v) is 8.34. The Morgan fingerprint density at radius 3 is 2.75 bits per heavy atom. The molecule has 0 spiro atoms. The molecule has 1 heterocycles. The average molecular weight is 191 g/mol. The quantitative estimate of drug-likeness (QED) is 0.589. The van der Waals surface area contributed by atoms with Gasteiger partial charge in [0.1, 0.15) is 5.88 Å². The van der Waals surface area contributed by atoms with Crippen LogP contribution in [0, 0.1) is 0 Å². The van der Waals surface area contributed by atoms with Crippen molar-refractivity contribution >= 4 is 17.5 Å². The number of rotatable bonds is 2. The van der Waals surface area contributed by atoms with E-state index in [-0.39, 0.29) is 11.8 Å². The molecule has 0 aromatic carbocycles. The van der Waals surface area contributed by atoms with Gasteiger partial charge in [-0.3, -0.25) is 4.79 Å². The van der Waals surface area contributed by atoms with Crippen LogP contribution in [-0.4, -0.2) is 54.8 Å². The number of carbonyl (C=O) groups excluding carboxylic acids is 1. The lowest BCUT2D eigenvalue weighted by Gasteiger charge is -2.19. The Morgan fingerprint density at radius 1 is 1.67 bits per heavy atom. The van der Waals surface area contributed by atoms with Crippen LogP contribution in [0.15, 0.2) is 0 Å². The van der Waals surface area contributed by atoms with Gasteiger partial charge in [0, 0.05) is 19.1 Å². The molecule has 1 unspecified atom stereocenters. The summed E-state index contributed by atoms with van der Waals surface area (Å²) in [6, 6.07) is 0.511. The van der Waals surface area contributed by atoms with Gasteiger partial charge in [0.15, 0.2) is 0 Å². The molecule has 0 N–H and O–H groups in total. The fraction of sp³-hybridized carbons (Fsp3) is 0.875. The molecule has 1 rings (SSSR count). The summed E-state index contributed by atoms with van der Waals surface area (Å²) in [5, 5.41) is 0. The first-order valence-corrected chi connectivity index (χ1v) is 4.68. The Hall–Kier alpha value is -0.280. The summed E-state index contributed by atoms with van der Waals surface area (Å²) in [7, 11) is 4.08. The van der Waals surface area contributed by atoms with Gasteiger partial charge in [-0.15, -0.1) is 11.6 Å². The second kappa shape index (κ2) is 4.10. The Kier molecular flexibility index (Phi) is 3.35. The third kappa shape index (κ3) is 2.11. The molecule has 1 saturated heterocycles. The van der Waals surface area contributed by atoms with Crippen molar-refractivity contribution in [3.05, 3.63) is 0 Å². The van der Waals surface area contributed by atoms with Crippen LogP contribution in [0.25, 0.3) is 0 Å². The smallest absolute Gasteiger partial charge is 0.237 e. The van der Waals surface area contributed by atoms with Gasteiger partial charge in [-0.25, -0.2) is 0 Å². The van der Waals surface area contributed by atoms with E-state index >= 15 is 0 Å².